The first-order chi connectivity index (χ1) is 9.00. The van der Waals surface area contributed by atoms with E-state index < -0.39 is 0 Å². The van der Waals surface area contributed by atoms with Gasteiger partial charge in [-0.25, -0.2) is 0 Å². The third kappa shape index (κ3) is 5.64. The quantitative estimate of drug-likeness (QED) is 0.380. The third-order valence-electron chi connectivity index (χ3n) is 2.92. The molecule has 0 heterocycles. The largest absolute Gasteiger partial charge is 0.409 e. The molecule has 0 radical (unpaired) electrons. The van der Waals surface area contributed by atoms with Crippen LogP contribution in [0.25, 0.3) is 0 Å². The molecule has 0 saturated carbocycles. The van der Waals surface area contributed by atoms with E-state index in [-0.39, 0.29) is 16.7 Å². The van der Waals surface area contributed by atoms with Gasteiger partial charge in [0.15, 0.2) is 5.84 Å². The molecule has 0 bridgehead atoms. The Hall–Kier alpha value is -1.51. The summed E-state index contributed by atoms with van der Waals surface area (Å²) in [6.45, 7) is 13.3. The van der Waals surface area contributed by atoms with Gasteiger partial charge < -0.3 is 10.9 Å². The Balaban J connectivity index is 3.21. The van der Waals surface area contributed by atoms with Gasteiger partial charge in [-0.15, -0.1) is 0 Å². The van der Waals surface area contributed by atoms with Gasteiger partial charge in [0.1, 0.15) is 0 Å². The summed E-state index contributed by atoms with van der Waals surface area (Å²) in [6.07, 6.45) is 1.94. The number of amidine groups is 1. The number of nitrogens with zero attached hydrogens (tertiary/aromatic N) is 1. The smallest absolute Gasteiger partial charge is 0.170 e. The van der Waals surface area contributed by atoms with Crippen LogP contribution in [0.5, 0.6) is 0 Å². The first-order valence-corrected chi connectivity index (χ1v) is 7.11. The summed E-state index contributed by atoms with van der Waals surface area (Å²) in [7, 11) is 0. The second kappa shape index (κ2) is 5.86. The van der Waals surface area contributed by atoms with Gasteiger partial charge in [-0.1, -0.05) is 52.8 Å². The molecule has 1 aromatic carbocycles. The third-order valence-corrected chi connectivity index (χ3v) is 2.92. The lowest BCUT2D eigenvalue weighted by atomic mass is 9.83. The molecule has 0 aliphatic rings. The second-order valence-corrected chi connectivity index (χ2v) is 8.00. The summed E-state index contributed by atoms with van der Waals surface area (Å²) in [5.41, 5.74) is 9.46. The van der Waals surface area contributed by atoms with Crippen LogP contribution >= 0.6 is 0 Å². The molecular weight excluding hydrogens is 248 g/mol. The predicted molar refractivity (Wildman–Crippen MR) is 85.3 cm³/mol. The van der Waals surface area contributed by atoms with Gasteiger partial charge in [0.05, 0.1) is 0 Å². The standard InChI is InChI=1S/C17H28N2O/c1-16(2,3)10-12-7-13(11-17(4,5)6)9-14(8-12)15(18)19-20/h7-9,20H,10-11H2,1-6H3,(H2,18,19). The minimum absolute atomic E-state index is 0.177. The summed E-state index contributed by atoms with van der Waals surface area (Å²) in [6, 6.07) is 6.28. The Morgan fingerprint density at radius 1 is 0.950 bits per heavy atom. The number of benzene rings is 1. The summed E-state index contributed by atoms with van der Waals surface area (Å²) in [4.78, 5) is 0. The number of rotatable bonds is 3. The maximum absolute atomic E-state index is 8.90. The van der Waals surface area contributed by atoms with Crippen molar-refractivity contribution < 1.29 is 5.21 Å². The van der Waals surface area contributed by atoms with Crippen LogP contribution in [-0.4, -0.2) is 11.0 Å². The van der Waals surface area contributed by atoms with E-state index in [1.54, 1.807) is 0 Å². The van der Waals surface area contributed by atoms with Crippen molar-refractivity contribution in [1.82, 2.24) is 0 Å². The van der Waals surface area contributed by atoms with Crippen molar-refractivity contribution in [3.63, 3.8) is 0 Å². The molecule has 3 nitrogen and oxygen atoms in total. The molecule has 3 N–H and O–H groups in total. The highest BCUT2D eigenvalue weighted by Crippen LogP contribution is 2.26. The normalized spacial score (nSPS) is 13.6. The zero-order valence-electron chi connectivity index (χ0n) is 13.6. The maximum atomic E-state index is 8.90. The van der Waals surface area contributed by atoms with Crippen LogP contribution in [0.3, 0.4) is 0 Å². The summed E-state index contributed by atoms with van der Waals surface area (Å²) in [5, 5.41) is 12.0. The van der Waals surface area contributed by atoms with Crippen molar-refractivity contribution in [3.8, 4) is 0 Å². The van der Waals surface area contributed by atoms with Crippen molar-refractivity contribution in [3.05, 3.63) is 34.9 Å². The van der Waals surface area contributed by atoms with E-state index in [9.17, 15) is 0 Å². The fourth-order valence-corrected chi connectivity index (χ4v) is 2.40. The van der Waals surface area contributed by atoms with Crippen molar-refractivity contribution in [2.75, 3.05) is 0 Å². The molecule has 0 fully saturated rings. The van der Waals surface area contributed by atoms with Gasteiger partial charge in [0.25, 0.3) is 0 Å². The van der Waals surface area contributed by atoms with Crippen molar-refractivity contribution in [2.24, 2.45) is 21.7 Å². The van der Waals surface area contributed by atoms with E-state index in [1.165, 1.54) is 11.1 Å². The fraction of sp³-hybridized carbons (Fsp3) is 0.588. The molecule has 0 unspecified atom stereocenters. The molecule has 0 atom stereocenters. The van der Waals surface area contributed by atoms with Gasteiger partial charge in [0, 0.05) is 5.56 Å². The predicted octanol–water partition coefficient (Wildman–Crippen LogP) is 3.96. The minimum Gasteiger partial charge on any atom is -0.409 e. The summed E-state index contributed by atoms with van der Waals surface area (Å²) in [5.74, 6) is 0.177. The van der Waals surface area contributed by atoms with Crippen molar-refractivity contribution in [1.29, 1.82) is 0 Å². The zero-order chi connectivity index (χ0) is 15.6. The molecule has 0 aliphatic heterocycles. The molecule has 0 amide bonds. The van der Waals surface area contributed by atoms with Gasteiger partial charge in [-0.3, -0.25) is 0 Å². The first-order valence-electron chi connectivity index (χ1n) is 7.11. The Bertz CT molecular complexity index is 456. The lowest BCUT2D eigenvalue weighted by Crippen LogP contribution is -2.17. The highest BCUT2D eigenvalue weighted by atomic mass is 16.4. The molecule has 3 heteroatoms. The van der Waals surface area contributed by atoms with Crippen LogP contribution in [0, 0.1) is 10.8 Å². The molecule has 1 rings (SSSR count). The average molecular weight is 276 g/mol. The molecule has 0 saturated heterocycles. The van der Waals surface area contributed by atoms with Crippen LogP contribution < -0.4 is 5.73 Å². The number of hydrogen-bond donors (Lipinski definition) is 2. The van der Waals surface area contributed by atoms with E-state index in [1.807, 2.05) is 12.1 Å². The summed E-state index contributed by atoms with van der Waals surface area (Å²) >= 11 is 0. The van der Waals surface area contributed by atoms with E-state index in [4.69, 9.17) is 10.9 Å². The van der Waals surface area contributed by atoms with E-state index in [0.717, 1.165) is 18.4 Å². The van der Waals surface area contributed by atoms with Gasteiger partial charge in [0.2, 0.25) is 0 Å². The first kappa shape index (κ1) is 16.5. The number of hydrogen-bond acceptors (Lipinski definition) is 2. The minimum atomic E-state index is 0.177. The van der Waals surface area contributed by atoms with E-state index in [2.05, 4.69) is 52.8 Å². The van der Waals surface area contributed by atoms with Crippen LogP contribution in [0.15, 0.2) is 23.4 Å². The lowest BCUT2D eigenvalue weighted by molar-refractivity contribution is 0.318. The van der Waals surface area contributed by atoms with Gasteiger partial charge >= 0.3 is 0 Å². The van der Waals surface area contributed by atoms with Gasteiger partial charge in [-0.05, 0) is 46.9 Å². The SMILES string of the molecule is CC(C)(C)Cc1cc(CC(C)(C)C)cc(/C(N)=N/O)c1. The average Bonchev–Trinajstić information content (AvgIpc) is 2.22. The van der Waals surface area contributed by atoms with E-state index in [0.29, 0.717) is 0 Å². The van der Waals surface area contributed by atoms with Crippen LogP contribution in [0.1, 0.15) is 58.2 Å². The zero-order valence-corrected chi connectivity index (χ0v) is 13.6. The van der Waals surface area contributed by atoms with E-state index >= 15 is 0 Å². The molecular formula is C17H28N2O. The fourth-order valence-electron chi connectivity index (χ4n) is 2.40. The van der Waals surface area contributed by atoms with Crippen LogP contribution in [-0.2, 0) is 12.8 Å². The summed E-state index contributed by atoms with van der Waals surface area (Å²) < 4.78 is 0. The van der Waals surface area contributed by atoms with Gasteiger partial charge in [-0.2, -0.15) is 0 Å². The molecule has 0 aromatic heterocycles. The highest BCUT2D eigenvalue weighted by molar-refractivity contribution is 5.97. The lowest BCUT2D eigenvalue weighted by Gasteiger charge is -2.22. The number of nitrogens with two attached hydrogens (primary N) is 1. The Kier molecular flexibility index (Phi) is 4.85. The van der Waals surface area contributed by atoms with Crippen LogP contribution in [0.4, 0.5) is 0 Å². The molecule has 0 spiro atoms. The Morgan fingerprint density at radius 2 is 1.35 bits per heavy atom. The molecule has 0 aliphatic carbocycles. The molecule has 1 aromatic rings. The van der Waals surface area contributed by atoms with Crippen molar-refractivity contribution >= 4 is 5.84 Å². The Morgan fingerprint density at radius 3 is 1.65 bits per heavy atom. The second-order valence-electron chi connectivity index (χ2n) is 8.00. The highest BCUT2D eigenvalue weighted by Gasteiger charge is 2.16. The number of oxime groups is 1. The monoisotopic (exact) mass is 276 g/mol. The van der Waals surface area contributed by atoms with Crippen LogP contribution in [0.2, 0.25) is 0 Å². The maximum Gasteiger partial charge on any atom is 0.170 e. The van der Waals surface area contributed by atoms with Crippen molar-refractivity contribution in [2.45, 2.75) is 54.4 Å². The Labute approximate surface area is 122 Å². The molecule has 112 valence electrons. The topological polar surface area (TPSA) is 58.6 Å². The molecule has 20 heavy (non-hydrogen) atoms.